The second-order valence-electron chi connectivity index (χ2n) is 5.08. The topological polar surface area (TPSA) is 52.0 Å². The predicted octanol–water partition coefficient (Wildman–Crippen LogP) is 4.86. The molecule has 3 rings (SSSR count). The molecule has 4 heteroatoms. The maximum atomic E-state index is 5.98. The first kappa shape index (κ1) is 13.7. The zero-order valence-electron chi connectivity index (χ0n) is 11.9. The molecule has 1 heterocycles. The van der Waals surface area contributed by atoms with Gasteiger partial charge in [0, 0.05) is 10.6 Å². The summed E-state index contributed by atoms with van der Waals surface area (Å²) < 4.78 is 5.45. The van der Waals surface area contributed by atoms with Crippen molar-refractivity contribution >= 4 is 17.4 Å². The number of halogens is 1. The molecule has 0 fully saturated rings. The summed E-state index contributed by atoms with van der Waals surface area (Å²) >= 11 is 5.94. The lowest BCUT2D eigenvalue weighted by atomic mass is 9.99. The summed E-state index contributed by atoms with van der Waals surface area (Å²) in [6.45, 7) is 4.15. The Bertz CT molecular complexity index is 791. The monoisotopic (exact) mass is 298 g/mol. The molecule has 1 aromatic heterocycles. The molecule has 0 amide bonds. The van der Waals surface area contributed by atoms with Crippen molar-refractivity contribution in [2.45, 2.75) is 13.8 Å². The number of nitrogen functional groups attached to an aromatic ring is 1. The minimum absolute atomic E-state index is 0.380. The van der Waals surface area contributed by atoms with Gasteiger partial charge in [-0.15, -0.1) is 0 Å². The van der Waals surface area contributed by atoms with Crippen LogP contribution in [0, 0.1) is 13.8 Å². The van der Waals surface area contributed by atoms with E-state index in [1.165, 1.54) is 11.1 Å². The summed E-state index contributed by atoms with van der Waals surface area (Å²) in [7, 11) is 0. The van der Waals surface area contributed by atoms with E-state index in [2.05, 4.69) is 31.1 Å². The molecule has 0 unspecified atom stereocenters. The normalized spacial score (nSPS) is 10.8. The molecule has 106 valence electrons. The van der Waals surface area contributed by atoms with Gasteiger partial charge in [0.15, 0.2) is 11.6 Å². The van der Waals surface area contributed by atoms with Crippen molar-refractivity contribution in [3.8, 4) is 22.5 Å². The van der Waals surface area contributed by atoms with Gasteiger partial charge in [-0.2, -0.15) is 0 Å². The number of aryl methyl sites for hydroxylation is 2. The van der Waals surface area contributed by atoms with Crippen LogP contribution in [-0.4, -0.2) is 5.16 Å². The number of aromatic nitrogens is 1. The lowest BCUT2D eigenvalue weighted by Gasteiger charge is -2.05. The fraction of sp³-hybridized carbons (Fsp3) is 0.118. The first-order valence-corrected chi connectivity index (χ1v) is 7.03. The van der Waals surface area contributed by atoms with Crippen molar-refractivity contribution in [2.75, 3.05) is 5.73 Å². The second-order valence-corrected chi connectivity index (χ2v) is 5.51. The predicted molar refractivity (Wildman–Crippen MR) is 86.3 cm³/mol. The number of nitrogens with two attached hydrogens (primary N) is 1. The summed E-state index contributed by atoms with van der Waals surface area (Å²) in [5.41, 5.74) is 11.1. The molecule has 0 aliphatic rings. The van der Waals surface area contributed by atoms with E-state index in [9.17, 15) is 0 Å². The van der Waals surface area contributed by atoms with Gasteiger partial charge < -0.3 is 10.3 Å². The van der Waals surface area contributed by atoms with E-state index >= 15 is 0 Å². The van der Waals surface area contributed by atoms with Crippen LogP contribution in [0.4, 0.5) is 5.82 Å². The number of hydrogen-bond acceptors (Lipinski definition) is 3. The van der Waals surface area contributed by atoms with Gasteiger partial charge >= 0.3 is 0 Å². The number of hydrogen-bond donors (Lipinski definition) is 1. The maximum absolute atomic E-state index is 5.98. The van der Waals surface area contributed by atoms with E-state index in [0.29, 0.717) is 16.6 Å². The lowest BCUT2D eigenvalue weighted by molar-refractivity contribution is 0.436. The first-order valence-electron chi connectivity index (χ1n) is 6.65. The lowest BCUT2D eigenvalue weighted by Crippen LogP contribution is -1.89. The molecular weight excluding hydrogens is 284 g/mol. The van der Waals surface area contributed by atoms with Crippen molar-refractivity contribution in [2.24, 2.45) is 0 Å². The van der Waals surface area contributed by atoms with Crippen LogP contribution in [0.2, 0.25) is 5.02 Å². The summed E-state index contributed by atoms with van der Waals surface area (Å²) in [6.07, 6.45) is 0. The van der Waals surface area contributed by atoms with E-state index in [0.717, 1.165) is 16.7 Å². The number of rotatable bonds is 2. The fourth-order valence-electron chi connectivity index (χ4n) is 2.28. The van der Waals surface area contributed by atoms with Crippen LogP contribution in [0.3, 0.4) is 0 Å². The van der Waals surface area contributed by atoms with E-state index in [1.54, 1.807) is 0 Å². The van der Waals surface area contributed by atoms with Gasteiger partial charge in [0.05, 0.1) is 5.56 Å². The average Bonchev–Trinajstić information content (AvgIpc) is 2.85. The molecule has 0 aliphatic carbocycles. The molecule has 2 N–H and O–H groups in total. The van der Waals surface area contributed by atoms with E-state index in [1.807, 2.05) is 30.3 Å². The van der Waals surface area contributed by atoms with Crippen molar-refractivity contribution in [1.29, 1.82) is 0 Å². The number of anilines is 1. The highest BCUT2D eigenvalue weighted by Crippen LogP contribution is 2.37. The molecule has 21 heavy (non-hydrogen) atoms. The van der Waals surface area contributed by atoms with Crippen molar-refractivity contribution in [3.05, 3.63) is 58.6 Å². The molecule has 3 nitrogen and oxygen atoms in total. The quantitative estimate of drug-likeness (QED) is 0.735. The molecular formula is C17H15ClN2O. The molecule has 0 aliphatic heterocycles. The maximum Gasteiger partial charge on any atom is 0.176 e. The van der Waals surface area contributed by atoms with E-state index in [-0.39, 0.29) is 0 Å². The third-order valence-electron chi connectivity index (χ3n) is 3.62. The average molecular weight is 299 g/mol. The zero-order valence-corrected chi connectivity index (χ0v) is 12.6. The molecule has 3 aromatic rings. The molecule has 0 saturated carbocycles. The van der Waals surface area contributed by atoms with Crippen LogP contribution >= 0.6 is 11.6 Å². The Hall–Kier alpha value is -2.26. The number of nitrogens with zero attached hydrogens (tertiary/aromatic N) is 1. The summed E-state index contributed by atoms with van der Waals surface area (Å²) in [4.78, 5) is 0. The third kappa shape index (κ3) is 2.52. The van der Waals surface area contributed by atoms with Crippen LogP contribution in [0.15, 0.2) is 47.0 Å². The minimum atomic E-state index is 0.380. The van der Waals surface area contributed by atoms with Gasteiger partial charge in [0.1, 0.15) is 0 Å². The molecule has 0 bridgehead atoms. The standard InChI is InChI=1S/C17H15ClN2O/c1-10-3-4-13(9-11(10)2)16-15(17(19)20-21-16)12-5-7-14(18)8-6-12/h3-9H,1-2H3,(H2,19,20). The van der Waals surface area contributed by atoms with E-state index < -0.39 is 0 Å². The van der Waals surface area contributed by atoms with Crippen LogP contribution < -0.4 is 5.73 Å². The summed E-state index contributed by atoms with van der Waals surface area (Å²) in [5.74, 6) is 1.06. The van der Waals surface area contributed by atoms with Gasteiger partial charge in [0.25, 0.3) is 0 Å². The second kappa shape index (κ2) is 5.26. The first-order chi connectivity index (χ1) is 10.1. The zero-order chi connectivity index (χ0) is 15.0. The Kier molecular flexibility index (Phi) is 3.43. The molecule has 0 saturated heterocycles. The largest absolute Gasteiger partial charge is 0.380 e. The van der Waals surface area contributed by atoms with Crippen LogP contribution in [0.25, 0.3) is 22.5 Å². The number of benzene rings is 2. The minimum Gasteiger partial charge on any atom is -0.380 e. The molecule has 0 radical (unpaired) electrons. The highest BCUT2D eigenvalue weighted by Gasteiger charge is 2.17. The van der Waals surface area contributed by atoms with Gasteiger partial charge in [0.2, 0.25) is 0 Å². The Morgan fingerprint density at radius 3 is 2.29 bits per heavy atom. The summed E-state index contributed by atoms with van der Waals surface area (Å²) in [5, 5.41) is 4.60. The SMILES string of the molecule is Cc1ccc(-c2onc(N)c2-c2ccc(Cl)cc2)cc1C. The molecule has 0 atom stereocenters. The Balaban J connectivity index is 2.16. The third-order valence-corrected chi connectivity index (χ3v) is 3.87. The Morgan fingerprint density at radius 1 is 0.952 bits per heavy atom. The fourth-order valence-corrected chi connectivity index (χ4v) is 2.40. The Morgan fingerprint density at radius 2 is 1.62 bits per heavy atom. The van der Waals surface area contributed by atoms with E-state index in [4.69, 9.17) is 21.9 Å². The van der Waals surface area contributed by atoms with Crippen LogP contribution in [0.5, 0.6) is 0 Å². The van der Waals surface area contributed by atoms with Crippen LogP contribution in [-0.2, 0) is 0 Å². The highest BCUT2D eigenvalue weighted by molar-refractivity contribution is 6.30. The van der Waals surface area contributed by atoms with Crippen molar-refractivity contribution in [1.82, 2.24) is 5.16 Å². The van der Waals surface area contributed by atoms with Gasteiger partial charge in [-0.25, -0.2) is 0 Å². The van der Waals surface area contributed by atoms with Crippen molar-refractivity contribution in [3.63, 3.8) is 0 Å². The molecule has 0 spiro atoms. The van der Waals surface area contributed by atoms with Gasteiger partial charge in [-0.1, -0.05) is 41.0 Å². The van der Waals surface area contributed by atoms with Gasteiger partial charge in [-0.05, 0) is 48.7 Å². The van der Waals surface area contributed by atoms with Gasteiger partial charge in [-0.3, -0.25) is 0 Å². The highest BCUT2D eigenvalue weighted by atomic mass is 35.5. The molecule has 2 aromatic carbocycles. The summed E-state index contributed by atoms with van der Waals surface area (Å²) in [6, 6.07) is 13.6. The Labute approximate surface area is 128 Å². The van der Waals surface area contributed by atoms with Crippen molar-refractivity contribution < 1.29 is 4.52 Å². The van der Waals surface area contributed by atoms with Crippen LogP contribution in [0.1, 0.15) is 11.1 Å². The smallest absolute Gasteiger partial charge is 0.176 e.